The van der Waals surface area contributed by atoms with Gasteiger partial charge in [0.25, 0.3) is 5.91 Å². The molecule has 1 saturated heterocycles. The number of nitrogens with zero attached hydrogens (tertiary/aromatic N) is 1. The van der Waals surface area contributed by atoms with E-state index in [1.165, 1.54) is 18.4 Å². The summed E-state index contributed by atoms with van der Waals surface area (Å²) in [5.74, 6) is 0.205. The van der Waals surface area contributed by atoms with Crippen LogP contribution in [0.4, 0.5) is 5.69 Å². The SMILES string of the molecule is O=C(NCC1=CCCCC1)c1ccccc1N1CCS(=O)(=O)CC1. The highest BCUT2D eigenvalue weighted by molar-refractivity contribution is 7.91. The molecule has 3 rings (SSSR count). The third-order valence-electron chi connectivity index (χ3n) is 4.69. The van der Waals surface area contributed by atoms with Crippen molar-refractivity contribution < 1.29 is 13.2 Å². The zero-order valence-corrected chi connectivity index (χ0v) is 14.6. The van der Waals surface area contributed by atoms with E-state index in [-0.39, 0.29) is 17.4 Å². The van der Waals surface area contributed by atoms with Gasteiger partial charge in [0.1, 0.15) is 0 Å². The predicted molar refractivity (Wildman–Crippen MR) is 96.2 cm³/mol. The Kier molecular flexibility index (Phi) is 5.23. The van der Waals surface area contributed by atoms with Crippen LogP contribution in [-0.4, -0.2) is 45.5 Å². The van der Waals surface area contributed by atoms with Gasteiger partial charge in [0.05, 0.1) is 17.1 Å². The number of nitrogens with one attached hydrogen (secondary N) is 1. The molecule has 6 heteroatoms. The number of hydrogen-bond donors (Lipinski definition) is 1. The molecule has 2 aliphatic rings. The van der Waals surface area contributed by atoms with Gasteiger partial charge in [-0.2, -0.15) is 0 Å². The number of carbonyl (C=O) groups is 1. The number of carbonyl (C=O) groups excluding carboxylic acids is 1. The van der Waals surface area contributed by atoms with Gasteiger partial charge >= 0.3 is 0 Å². The second-order valence-corrected chi connectivity index (χ2v) is 8.75. The predicted octanol–water partition coefficient (Wildman–Crippen LogP) is 2.15. The van der Waals surface area contributed by atoms with Crippen LogP contribution in [0.25, 0.3) is 0 Å². The summed E-state index contributed by atoms with van der Waals surface area (Å²) in [6.45, 7) is 1.48. The van der Waals surface area contributed by atoms with Crippen LogP contribution < -0.4 is 10.2 Å². The van der Waals surface area contributed by atoms with Gasteiger partial charge in [-0.05, 0) is 37.8 Å². The maximum Gasteiger partial charge on any atom is 0.253 e. The lowest BCUT2D eigenvalue weighted by molar-refractivity contribution is 0.0957. The fraction of sp³-hybridized carbons (Fsp3) is 0.500. The van der Waals surface area contributed by atoms with Crippen LogP contribution >= 0.6 is 0 Å². The van der Waals surface area contributed by atoms with Crippen LogP contribution in [0.1, 0.15) is 36.0 Å². The first-order chi connectivity index (χ1) is 11.6. The first-order valence-corrected chi connectivity index (χ1v) is 10.4. The number of rotatable bonds is 4. The molecule has 0 aromatic heterocycles. The third-order valence-corrected chi connectivity index (χ3v) is 6.30. The Hall–Kier alpha value is -1.82. The van der Waals surface area contributed by atoms with Gasteiger partial charge in [0.15, 0.2) is 9.84 Å². The average Bonchev–Trinajstić information content (AvgIpc) is 2.61. The molecule has 5 nitrogen and oxygen atoms in total. The molecule has 1 fully saturated rings. The van der Waals surface area contributed by atoms with E-state index in [2.05, 4.69) is 11.4 Å². The first-order valence-electron chi connectivity index (χ1n) is 8.56. The molecular formula is C18H24N2O3S. The van der Waals surface area contributed by atoms with Crippen molar-refractivity contribution in [3.63, 3.8) is 0 Å². The topological polar surface area (TPSA) is 66.5 Å². The fourth-order valence-corrected chi connectivity index (χ4v) is 4.45. The second-order valence-electron chi connectivity index (χ2n) is 6.45. The minimum Gasteiger partial charge on any atom is -0.369 e. The zero-order valence-electron chi connectivity index (χ0n) is 13.8. The highest BCUT2D eigenvalue weighted by atomic mass is 32.2. The number of amides is 1. The van der Waals surface area contributed by atoms with Crippen LogP contribution in [0.3, 0.4) is 0 Å². The normalized spacial score (nSPS) is 20.3. The summed E-state index contributed by atoms with van der Waals surface area (Å²) < 4.78 is 23.2. The summed E-state index contributed by atoms with van der Waals surface area (Å²) >= 11 is 0. The standard InChI is InChI=1S/C18H24N2O3S/c21-18(19-14-15-6-2-1-3-7-15)16-8-4-5-9-17(16)20-10-12-24(22,23)13-11-20/h4-6,8-9H,1-3,7,10-14H2,(H,19,21). The van der Waals surface area contributed by atoms with Crippen molar-refractivity contribution in [1.29, 1.82) is 0 Å². The van der Waals surface area contributed by atoms with E-state index in [1.54, 1.807) is 0 Å². The quantitative estimate of drug-likeness (QED) is 0.847. The Labute approximate surface area is 143 Å². The van der Waals surface area contributed by atoms with Crippen molar-refractivity contribution in [2.24, 2.45) is 0 Å². The van der Waals surface area contributed by atoms with E-state index in [0.29, 0.717) is 25.2 Å². The highest BCUT2D eigenvalue weighted by Gasteiger charge is 2.24. The lowest BCUT2D eigenvalue weighted by Gasteiger charge is -2.30. The average molecular weight is 348 g/mol. The molecule has 1 aliphatic heterocycles. The lowest BCUT2D eigenvalue weighted by Crippen LogP contribution is -2.41. The molecule has 1 heterocycles. The molecule has 0 unspecified atom stereocenters. The number of hydrogen-bond acceptors (Lipinski definition) is 4. The Morgan fingerprint density at radius 2 is 1.88 bits per heavy atom. The fourth-order valence-electron chi connectivity index (χ4n) is 3.25. The van der Waals surface area contributed by atoms with Gasteiger partial charge < -0.3 is 10.2 Å². The van der Waals surface area contributed by atoms with Crippen LogP contribution in [0.5, 0.6) is 0 Å². The number of benzene rings is 1. The van der Waals surface area contributed by atoms with E-state index >= 15 is 0 Å². The molecule has 1 aliphatic carbocycles. The summed E-state index contributed by atoms with van der Waals surface area (Å²) in [7, 11) is -2.93. The smallest absolute Gasteiger partial charge is 0.253 e. The molecule has 0 bridgehead atoms. The van der Waals surface area contributed by atoms with Crippen LogP contribution in [0.2, 0.25) is 0 Å². The van der Waals surface area contributed by atoms with Crippen molar-refractivity contribution >= 4 is 21.4 Å². The van der Waals surface area contributed by atoms with Gasteiger partial charge in [0, 0.05) is 25.3 Å². The maximum absolute atomic E-state index is 12.6. The zero-order chi connectivity index (χ0) is 17.0. The molecule has 1 N–H and O–H groups in total. The van der Waals surface area contributed by atoms with Gasteiger partial charge in [-0.1, -0.05) is 23.8 Å². The minimum atomic E-state index is -2.93. The highest BCUT2D eigenvalue weighted by Crippen LogP contribution is 2.23. The summed E-state index contributed by atoms with van der Waals surface area (Å²) in [5, 5.41) is 3.01. The molecule has 0 spiro atoms. The molecule has 1 aromatic rings. The molecule has 130 valence electrons. The molecule has 24 heavy (non-hydrogen) atoms. The van der Waals surface area contributed by atoms with Crippen LogP contribution in [-0.2, 0) is 9.84 Å². The third kappa shape index (κ3) is 4.17. The van der Waals surface area contributed by atoms with E-state index in [9.17, 15) is 13.2 Å². The second kappa shape index (κ2) is 7.38. The number of allylic oxidation sites excluding steroid dienone is 1. The maximum atomic E-state index is 12.6. The Morgan fingerprint density at radius 1 is 1.12 bits per heavy atom. The largest absolute Gasteiger partial charge is 0.369 e. The molecule has 0 radical (unpaired) electrons. The Balaban J connectivity index is 1.69. The van der Waals surface area contributed by atoms with Crippen molar-refractivity contribution in [3.05, 3.63) is 41.5 Å². The molecule has 0 saturated carbocycles. The summed E-state index contributed by atoms with van der Waals surface area (Å²) in [4.78, 5) is 14.6. The van der Waals surface area contributed by atoms with Gasteiger partial charge in [-0.25, -0.2) is 8.42 Å². The molecular weight excluding hydrogens is 324 g/mol. The van der Waals surface area contributed by atoms with Crippen molar-refractivity contribution in [2.45, 2.75) is 25.7 Å². The van der Waals surface area contributed by atoms with E-state index < -0.39 is 9.84 Å². The van der Waals surface area contributed by atoms with Crippen molar-refractivity contribution in [1.82, 2.24) is 5.32 Å². The monoisotopic (exact) mass is 348 g/mol. The summed E-state index contributed by atoms with van der Waals surface area (Å²) in [6.07, 6.45) is 6.82. The minimum absolute atomic E-state index is 0.0921. The summed E-state index contributed by atoms with van der Waals surface area (Å²) in [5.41, 5.74) is 2.74. The van der Waals surface area contributed by atoms with E-state index in [1.807, 2.05) is 29.2 Å². The van der Waals surface area contributed by atoms with Gasteiger partial charge in [0.2, 0.25) is 0 Å². The summed E-state index contributed by atoms with van der Waals surface area (Å²) in [6, 6.07) is 7.44. The van der Waals surface area contributed by atoms with Gasteiger partial charge in [-0.15, -0.1) is 0 Å². The van der Waals surface area contributed by atoms with Crippen molar-refractivity contribution in [2.75, 3.05) is 36.0 Å². The van der Waals surface area contributed by atoms with E-state index in [0.717, 1.165) is 18.5 Å². The first kappa shape index (κ1) is 17.0. The molecule has 1 amide bonds. The molecule has 1 aromatic carbocycles. The number of anilines is 1. The Morgan fingerprint density at radius 3 is 2.58 bits per heavy atom. The van der Waals surface area contributed by atoms with E-state index in [4.69, 9.17) is 0 Å². The Bertz CT molecular complexity index is 726. The van der Waals surface area contributed by atoms with Crippen LogP contribution in [0.15, 0.2) is 35.9 Å². The van der Waals surface area contributed by atoms with Gasteiger partial charge in [-0.3, -0.25) is 4.79 Å². The van der Waals surface area contributed by atoms with Crippen molar-refractivity contribution in [3.8, 4) is 0 Å². The number of sulfone groups is 1. The number of para-hydroxylation sites is 1. The molecule has 0 atom stereocenters. The lowest BCUT2D eigenvalue weighted by atomic mass is 9.99. The van der Waals surface area contributed by atoms with Crippen LogP contribution in [0, 0.1) is 0 Å².